The fraction of sp³-hybridized carbons (Fsp3) is 0.222. The maximum absolute atomic E-state index is 13.0. The third-order valence-corrected chi connectivity index (χ3v) is 6.28. The van der Waals surface area contributed by atoms with E-state index >= 15 is 0 Å². The maximum atomic E-state index is 13.0. The number of thiocarbonyl (C=S) groups is 1. The van der Waals surface area contributed by atoms with Gasteiger partial charge < -0.3 is 15.2 Å². The molecule has 4 rings (SSSR count). The zero-order valence-corrected chi connectivity index (χ0v) is 19.9. The number of rotatable bonds is 6. The van der Waals surface area contributed by atoms with Crippen LogP contribution in [-0.4, -0.2) is 20.0 Å². The van der Waals surface area contributed by atoms with E-state index in [1.807, 2.05) is 60.5 Å². The zero-order valence-electron chi connectivity index (χ0n) is 19.1. The molecule has 0 aliphatic heterocycles. The Morgan fingerprint density at radius 2 is 1.82 bits per heavy atom. The third-order valence-electron chi connectivity index (χ3n) is 5.90. The van der Waals surface area contributed by atoms with Crippen LogP contribution in [-0.2, 0) is 13.1 Å². The number of aryl methyl sites for hydroxylation is 2. The molecule has 4 aromatic rings. The van der Waals surface area contributed by atoms with Gasteiger partial charge in [0.15, 0.2) is 5.11 Å². The molecule has 0 bridgehead atoms. The molecule has 168 valence electrons. The summed E-state index contributed by atoms with van der Waals surface area (Å²) >= 11 is 5.82. The highest BCUT2D eigenvalue weighted by Crippen LogP contribution is 2.21. The minimum Gasteiger partial charge on any atom is -0.356 e. The van der Waals surface area contributed by atoms with E-state index in [1.165, 1.54) is 0 Å². The number of benzene rings is 2. The van der Waals surface area contributed by atoms with Gasteiger partial charge in [-0.2, -0.15) is 0 Å². The number of aromatic nitrogens is 2. The Bertz CT molecular complexity index is 1320. The van der Waals surface area contributed by atoms with Crippen molar-refractivity contribution in [2.45, 2.75) is 39.9 Å². The van der Waals surface area contributed by atoms with Gasteiger partial charge in [0.1, 0.15) is 0 Å². The van der Waals surface area contributed by atoms with Gasteiger partial charge in [-0.15, -0.1) is 0 Å². The van der Waals surface area contributed by atoms with E-state index in [4.69, 9.17) is 12.2 Å². The van der Waals surface area contributed by atoms with Gasteiger partial charge in [0.2, 0.25) is 0 Å². The van der Waals surface area contributed by atoms with Gasteiger partial charge in [-0.1, -0.05) is 48.5 Å². The molecule has 0 unspecified atom stereocenters. The van der Waals surface area contributed by atoms with Crippen molar-refractivity contribution in [3.8, 4) is 0 Å². The van der Waals surface area contributed by atoms with E-state index in [9.17, 15) is 4.79 Å². The molecular weight excluding hydrogens is 428 g/mol. The fourth-order valence-corrected chi connectivity index (χ4v) is 4.26. The van der Waals surface area contributed by atoms with Crippen molar-refractivity contribution in [2.24, 2.45) is 0 Å². The SMILES string of the molecule is Cc1ccc(C)c2[nH]c(=O)c(CN(Cc3cccnc3)C(=S)N[C@@H](C)c3ccccc3)cc12. The van der Waals surface area contributed by atoms with Crippen molar-refractivity contribution < 1.29 is 0 Å². The highest BCUT2D eigenvalue weighted by Gasteiger charge is 2.17. The van der Waals surface area contributed by atoms with Crippen molar-refractivity contribution >= 4 is 28.2 Å². The van der Waals surface area contributed by atoms with Crippen molar-refractivity contribution in [3.63, 3.8) is 0 Å². The molecule has 2 aromatic heterocycles. The first kappa shape index (κ1) is 22.7. The minimum atomic E-state index is -0.0914. The quantitative estimate of drug-likeness (QED) is 0.392. The summed E-state index contributed by atoms with van der Waals surface area (Å²) < 4.78 is 0. The van der Waals surface area contributed by atoms with Gasteiger partial charge in [-0.3, -0.25) is 9.78 Å². The monoisotopic (exact) mass is 456 g/mol. The molecule has 0 amide bonds. The molecule has 0 saturated carbocycles. The summed E-state index contributed by atoms with van der Waals surface area (Å²) in [6.07, 6.45) is 3.58. The van der Waals surface area contributed by atoms with Crippen LogP contribution >= 0.6 is 12.2 Å². The minimum absolute atomic E-state index is 0.0369. The van der Waals surface area contributed by atoms with Gasteiger partial charge in [0.05, 0.1) is 18.1 Å². The summed E-state index contributed by atoms with van der Waals surface area (Å²) in [6.45, 7) is 7.09. The molecule has 2 heterocycles. The molecule has 2 N–H and O–H groups in total. The van der Waals surface area contributed by atoms with E-state index in [2.05, 4.69) is 47.3 Å². The van der Waals surface area contributed by atoms with E-state index < -0.39 is 0 Å². The van der Waals surface area contributed by atoms with Crippen LogP contribution in [0.4, 0.5) is 0 Å². The average Bonchev–Trinajstić information content (AvgIpc) is 2.83. The van der Waals surface area contributed by atoms with Crippen molar-refractivity contribution in [1.29, 1.82) is 0 Å². The Balaban J connectivity index is 1.65. The Hall–Kier alpha value is -3.51. The second-order valence-electron chi connectivity index (χ2n) is 8.41. The van der Waals surface area contributed by atoms with Crippen molar-refractivity contribution in [3.05, 3.63) is 111 Å². The molecule has 0 aliphatic rings. The van der Waals surface area contributed by atoms with Gasteiger partial charge in [-0.05, 0) is 67.4 Å². The molecule has 0 fully saturated rings. The van der Waals surface area contributed by atoms with Gasteiger partial charge in [0.25, 0.3) is 5.56 Å². The van der Waals surface area contributed by atoms with Crippen LogP contribution in [0.5, 0.6) is 0 Å². The summed E-state index contributed by atoms with van der Waals surface area (Å²) in [4.78, 5) is 22.3. The second kappa shape index (κ2) is 9.96. The molecule has 0 radical (unpaired) electrons. The second-order valence-corrected chi connectivity index (χ2v) is 8.80. The van der Waals surface area contributed by atoms with E-state index in [-0.39, 0.29) is 11.6 Å². The van der Waals surface area contributed by atoms with E-state index in [0.29, 0.717) is 23.8 Å². The number of hydrogen-bond acceptors (Lipinski definition) is 3. The number of nitrogens with zero attached hydrogens (tertiary/aromatic N) is 2. The molecule has 2 aromatic carbocycles. The number of fused-ring (bicyclic) bond motifs is 1. The van der Waals surface area contributed by atoms with E-state index in [1.54, 1.807) is 6.20 Å². The van der Waals surface area contributed by atoms with Gasteiger partial charge in [0, 0.05) is 29.9 Å². The summed E-state index contributed by atoms with van der Waals surface area (Å²) in [7, 11) is 0. The largest absolute Gasteiger partial charge is 0.356 e. The first-order valence-corrected chi connectivity index (χ1v) is 11.4. The van der Waals surface area contributed by atoms with Crippen LogP contribution in [0, 0.1) is 13.8 Å². The summed E-state index contributed by atoms with van der Waals surface area (Å²) in [6, 6.07) is 20.3. The molecule has 0 aliphatic carbocycles. The lowest BCUT2D eigenvalue weighted by Crippen LogP contribution is -2.41. The normalized spacial score (nSPS) is 11.8. The molecule has 33 heavy (non-hydrogen) atoms. The van der Waals surface area contributed by atoms with Crippen LogP contribution in [0.3, 0.4) is 0 Å². The Kier molecular flexibility index (Phi) is 6.84. The maximum Gasteiger partial charge on any atom is 0.253 e. The summed E-state index contributed by atoms with van der Waals surface area (Å²) in [5.74, 6) is 0. The first-order valence-electron chi connectivity index (χ1n) is 11.0. The lowest BCUT2D eigenvalue weighted by atomic mass is 10.0. The lowest BCUT2D eigenvalue weighted by Gasteiger charge is -2.28. The molecule has 5 nitrogen and oxygen atoms in total. The van der Waals surface area contributed by atoms with Crippen LogP contribution in [0.25, 0.3) is 10.9 Å². The topological polar surface area (TPSA) is 61.0 Å². The number of hydrogen-bond donors (Lipinski definition) is 2. The predicted octanol–water partition coefficient (Wildman–Crippen LogP) is 5.18. The van der Waals surface area contributed by atoms with Gasteiger partial charge >= 0.3 is 0 Å². The number of nitrogens with one attached hydrogen (secondary N) is 2. The van der Waals surface area contributed by atoms with Crippen LogP contribution in [0.15, 0.2) is 77.9 Å². The molecule has 0 spiro atoms. The lowest BCUT2D eigenvalue weighted by molar-refractivity contribution is 0.391. The highest BCUT2D eigenvalue weighted by molar-refractivity contribution is 7.80. The van der Waals surface area contributed by atoms with Crippen LogP contribution in [0.2, 0.25) is 0 Å². The number of aromatic amines is 1. The van der Waals surface area contributed by atoms with Crippen LogP contribution in [0.1, 0.15) is 40.8 Å². The smallest absolute Gasteiger partial charge is 0.253 e. The standard InChI is InChI=1S/C27H28N4OS/c1-18-11-12-19(2)25-24(18)14-23(26(32)30-25)17-31(16-21-8-7-13-28-15-21)27(33)29-20(3)22-9-5-4-6-10-22/h4-15,20H,16-17H2,1-3H3,(H,29,33)(H,30,32)/t20-/m0/s1. The molecule has 0 saturated heterocycles. The first-order chi connectivity index (χ1) is 15.9. The Labute approximate surface area is 199 Å². The number of H-pyrrole nitrogens is 1. The van der Waals surface area contributed by atoms with Gasteiger partial charge in [-0.25, -0.2) is 0 Å². The Morgan fingerprint density at radius 3 is 2.55 bits per heavy atom. The summed E-state index contributed by atoms with van der Waals surface area (Å²) in [5, 5.41) is 5.09. The summed E-state index contributed by atoms with van der Waals surface area (Å²) in [5.41, 5.74) is 5.84. The third kappa shape index (κ3) is 5.29. The van der Waals surface area contributed by atoms with Crippen molar-refractivity contribution in [1.82, 2.24) is 20.2 Å². The average molecular weight is 457 g/mol. The van der Waals surface area contributed by atoms with Crippen LogP contribution < -0.4 is 10.9 Å². The zero-order chi connectivity index (χ0) is 23.4. The Morgan fingerprint density at radius 1 is 1.06 bits per heavy atom. The number of pyridine rings is 2. The molecular formula is C27H28N4OS. The highest BCUT2D eigenvalue weighted by atomic mass is 32.1. The molecule has 6 heteroatoms. The molecule has 1 atom stereocenters. The predicted molar refractivity (Wildman–Crippen MR) is 138 cm³/mol. The van der Waals surface area contributed by atoms with Crippen molar-refractivity contribution in [2.75, 3.05) is 0 Å². The fourth-order valence-electron chi connectivity index (χ4n) is 3.95. The van der Waals surface area contributed by atoms with E-state index in [0.717, 1.165) is 33.2 Å².